The van der Waals surface area contributed by atoms with Gasteiger partial charge in [0.05, 0.1) is 11.0 Å². The quantitative estimate of drug-likeness (QED) is 0.455. The van der Waals surface area contributed by atoms with Gasteiger partial charge in [0, 0.05) is 12.1 Å². The highest BCUT2D eigenvalue weighted by molar-refractivity contribution is 5.67. The predicted molar refractivity (Wildman–Crippen MR) is 91.3 cm³/mol. The van der Waals surface area contributed by atoms with Gasteiger partial charge in [-0.25, -0.2) is 9.18 Å². The lowest BCUT2D eigenvalue weighted by atomic mass is 10.1. The minimum Gasteiger partial charge on any atom is -0.445 e. The van der Waals surface area contributed by atoms with E-state index in [1.54, 1.807) is 0 Å². The molecule has 0 saturated carbocycles. The monoisotopic (exact) mass is 362 g/mol. The molecule has 0 unspecified atom stereocenters. The van der Waals surface area contributed by atoms with Gasteiger partial charge in [-0.2, -0.15) is 4.39 Å². The third kappa shape index (κ3) is 5.66. The lowest BCUT2D eigenvalue weighted by molar-refractivity contribution is -0.387. The summed E-state index contributed by atoms with van der Waals surface area (Å²) in [7, 11) is 0. The highest BCUT2D eigenvalue weighted by Gasteiger charge is 2.17. The number of ether oxygens (including phenoxy) is 1. The van der Waals surface area contributed by atoms with Crippen molar-refractivity contribution in [3.63, 3.8) is 0 Å². The van der Waals surface area contributed by atoms with E-state index in [-0.39, 0.29) is 18.7 Å². The van der Waals surface area contributed by atoms with Crippen molar-refractivity contribution >= 4 is 17.9 Å². The van der Waals surface area contributed by atoms with Crippen molar-refractivity contribution < 1.29 is 23.2 Å². The number of benzene rings is 2. The maximum Gasteiger partial charge on any atom is 0.407 e. The van der Waals surface area contributed by atoms with Gasteiger partial charge in [-0.05, 0) is 18.1 Å². The van der Waals surface area contributed by atoms with Crippen LogP contribution in [0.2, 0.25) is 0 Å². The van der Waals surface area contributed by atoms with Crippen LogP contribution >= 0.6 is 0 Å². The Morgan fingerprint density at radius 1 is 1.19 bits per heavy atom. The van der Waals surface area contributed by atoms with Crippen molar-refractivity contribution in [2.45, 2.75) is 13.0 Å². The lowest BCUT2D eigenvalue weighted by Crippen LogP contribution is -2.24. The van der Waals surface area contributed by atoms with Crippen LogP contribution in [0.15, 0.2) is 48.5 Å². The van der Waals surface area contributed by atoms with E-state index >= 15 is 0 Å². The number of halogens is 2. The Hall–Kier alpha value is -3.29. The maximum atomic E-state index is 13.7. The Morgan fingerprint density at radius 3 is 2.62 bits per heavy atom. The number of rotatable bonds is 7. The molecule has 0 radical (unpaired) electrons. The van der Waals surface area contributed by atoms with Gasteiger partial charge < -0.3 is 10.1 Å². The van der Waals surface area contributed by atoms with E-state index in [0.717, 1.165) is 11.6 Å². The summed E-state index contributed by atoms with van der Waals surface area (Å²) in [5.74, 6) is -2.01. The first-order valence-electron chi connectivity index (χ1n) is 7.72. The first-order chi connectivity index (χ1) is 12.5. The summed E-state index contributed by atoms with van der Waals surface area (Å²) in [4.78, 5) is 21.1. The third-order valence-corrected chi connectivity index (χ3v) is 3.35. The van der Waals surface area contributed by atoms with Crippen LogP contribution in [0.1, 0.15) is 17.5 Å². The molecule has 8 heteroatoms. The fourth-order valence-electron chi connectivity index (χ4n) is 2.06. The van der Waals surface area contributed by atoms with E-state index in [1.807, 2.05) is 30.3 Å². The molecule has 2 aromatic rings. The van der Waals surface area contributed by atoms with Crippen LogP contribution in [-0.2, 0) is 11.3 Å². The molecule has 0 saturated heterocycles. The number of nitrogens with zero attached hydrogens (tertiary/aromatic N) is 1. The van der Waals surface area contributed by atoms with Crippen LogP contribution < -0.4 is 5.32 Å². The zero-order valence-corrected chi connectivity index (χ0v) is 13.7. The molecule has 0 fully saturated rings. The maximum absolute atomic E-state index is 13.7. The van der Waals surface area contributed by atoms with Crippen LogP contribution in [0, 0.1) is 21.7 Å². The summed E-state index contributed by atoms with van der Waals surface area (Å²) in [5.41, 5.74) is -0.166. The number of carbonyl (C=O) groups excluding carboxylic acids is 1. The Labute approximate surface area is 148 Å². The van der Waals surface area contributed by atoms with Crippen LogP contribution in [0.25, 0.3) is 6.08 Å². The molecular weight excluding hydrogens is 346 g/mol. The van der Waals surface area contributed by atoms with Gasteiger partial charge in [-0.1, -0.05) is 42.5 Å². The highest BCUT2D eigenvalue weighted by atomic mass is 19.1. The number of carbonyl (C=O) groups is 1. The smallest absolute Gasteiger partial charge is 0.407 e. The number of alkyl carbamates (subject to hydrolysis) is 1. The summed E-state index contributed by atoms with van der Waals surface area (Å²) >= 11 is 0. The lowest BCUT2D eigenvalue weighted by Gasteiger charge is -2.06. The van der Waals surface area contributed by atoms with Crippen molar-refractivity contribution in [3.8, 4) is 0 Å². The van der Waals surface area contributed by atoms with E-state index in [9.17, 15) is 23.7 Å². The minimum absolute atomic E-state index is 0.111. The number of nitro benzene ring substituents is 1. The molecule has 0 aliphatic carbocycles. The molecule has 0 heterocycles. The van der Waals surface area contributed by atoms with E-state index in [0.29, 0.717) is 12.5 Å². The average molecular weight is 362 g/mol. The molecular formula is C18H16F2N2O4. The Balaban J connectivity index is 1.76. The van der Waals surface area contributed by atoms with Gasteiger partial charge in [-0.15, -0.1) is 0 Å². The fraction of sp³-hybridized carbons (Fsp3) is 0.167. The number of hydrogen-bond donors (Lipinski definition) is 1. The molecule has 0 atom stereocenters. The van der Waals surface area contributed by atoms with E-state index < -0.39 is 28.3 Å². The number of nitro groups is 1. The molecule has 1 N–H and O–H groups in total. The Bertz CT molecular complexity index is 810. The van der Waals surface area contributed by atoms with Crippen LogP contribution in [-0.4, -0.2) is 17.6 Å². The molecule has 6 nitrogen and oxygen atoms in total. The van der Waals surface area contributed by atoms with E-state index in [4.69, 9.17) is 4.74 Å². The molecule has 136 valence electrons. The first-order valence-corrected chi connectivity index (χ1v) is 7.72. The molecule has 0 spiro atoms. The molecule has 26 heavy (non-hydrogen) atoms. The predicted octanol–water partition coefficient (Wildman–Crippen LogP) is 4.20. The van der Waals surface area contributed by atoms with Gasteiger partial charge in [0.1, 0.15) is 12.4 Å². The van der Waals surface area contributed by atoms with Gasteiger partial charge >= 0.3 is 11.8 Å². The van der Waals surface area contributed by atoms with Crippen molar-refractivity contribution in [3.05, 3.63) is 81.4 Å². The summed E-state index contributed by atoms with van der Waals surface area (Å²) in [5, 5.41) is 13.0. The summed E-state index contributed by atoms with van der Waals surface area (Å²) in [6, 6.07) is 10.5. The molecule has 0 bridgehead atoms. The Kier molecular flexibility index (Phi) is 6.78. The van der Waals surface area contributed by atoms with Gasteiger partial charge in [-0.3, -0.25) is 10.1 Å². The topological polar surface area (TPSA) is 81.5 Å². The van der Waals surface area contributed by atoms with Crippen molar-refractivity contribution in [2.75, 3.05) is 6.54 Å². The normalized spacial score (nSPS) is 10.7. The molecule has 1 amide bonds. The third-order valence-electron chi connectivity index (χ3n) is 3.35. The first kappa shape index (κ1) is 19.0. The van der Waals surface area contributed by atoms with Crippen molar-refractivity contribution in [1.82, 2.24) is 5.32 Å². The number of nitrogens with one attached hydrogen (secondary N) is 1. The number of amides is 1. The average Bonchev–Trinajstić information content (AvgIpc) is 2.62. The molecule has 2 rings (SSSR count). The Morgan fingerprint density at radius 2 is 1.92 bits per heavy atom. The van der Waals surface area contributed by atoms with Crippen molar-refractivity contribution in [2.24, 2.45) is 0 Å². The van der Waals surface area contributed by atoms with Crippen LogP contribution in [0.4, 0.5) is 19.3 Å². The molecule has 0 aliphatic heterocycles. The highest BCUT2D eigenvalue weighted by Crippen LogP contribution is 2.22. The summed E-state index contributed by atoms with van der Waals surface area (Å²) in [6.45, 7) is 0.386. The molecule has 2 aromatic carbocycles. The van der Waals surface area contributed by atoms with E-state index in [1.165, 1.54) is 12.2 Å². The van der Waals surface area contributed by atoms with E-state index in [2.05, 4.69) is 5.32 Å². The molecule has 0 aromatic heterocycles. The number of hydrogen-bond acceptors (Lipinski definition) is 4. The van der Waals surface area contributed by atoms with Crippen LogP contribution in [0.5, 0.6) is 0 Å². The SMILES string of the molecule is O=C(NCCC=Cc1cc(F)c([N+](=O)[O-])cc1F)OCc1ccccc1. The van der Waals surface area contributed by atoms with Crippen LogP contribution in [0.3, 0.4) is 0 Å². The van der Waals surface area contributed by atoms with Crippen molar-refractivity contribution in [1.29, 1.82) is 0 Å². The summed E-state index contributed by atoms with van der Waals surface area (Å²) < 4.78 is 32.2. The zero-order chi connectivity index (χ0) is 18.9. The van der Waals surface area contributed by atoms with Gasteiger partial charge in [0.2, 0.25) is 5.82 Å². The zero-order valence-electron chi connectivity index (χ0n) is 13.7. The second kappa shape index (κ2) is 9.26. The molecule has 0 aliphatic rings. The standard InChI is InChI=1S/C18H16F2N2O4/c19-15-11-17(22(24)25)16(20)10-14(15)8-4-5-9-21-18(23)26-12-13-6-2-1-3-7-13/h1-4,6-8,10-11H,5,9,12H2,(H,21,23). The largest absolute Gasteiger partial charge is 0.445 e. The van der Waals surface area contributed by atoms with Gasteiger partial charge in [0.15, 0.2) is 0 Å². The second-order valence-corrected chi connectivity index (χ2v) is 5.26. The second-order valence-electron chi connectivity index (χ2n) is 5.26. The van der Waals surface area contributed by atoms with Gasteiger partial charge in [0.25, 0.3) is 0 Å². The summed E-state index contributed by atoms with van der Waals surface area (Å²) in [6.07, 6.45) is 2.56. The minimum atomic E-state index is -1.11. The fourth-order valence-corrected chi connectivity index (χ4v) is 2.06.